The molecule has 2 aromatic rings. The van der Waals surface area contributed by atoms with Crippen LogP contribution in [-0.4, -0.2) is 25.7 Å². The Morgan fingerprint density at radius 2 is 1.96 bits per heavy atom. The zero-order valence-electron chi connectivity index (χ0n) is 13.3. The number of para-hydroxylation sites is 1. The van der Waals surface area contributed by atoms with Crippen LogP contribution in [0.4, 0.5) is 14.5 Å². The second-order valence-electron chi connectivity index (χ2n) is 5.40. The van der Waals surface area contributed by atoms with Crippen LogP contribution >= 0.6 is 11.9 Å². The normalized spacial score (nSPS) is 16.2. The molecule has 0 fully saturated rings. The maximum atomic E-state index is 13.6. The summed E-state index contributed by atoms with van der Waals surface area (Å²) in [5, 5.41) is 3.20. The molecular weight excluding hydrogens is 332 g/mol. The van der Waals surface area contributed by atoms with Crippen LogP contribution in [0.25, 0.3) is 11.1 Å². The first kappa shape index (κ1) is 16.7. The number of aliphatic imine (C=N–C) groups is 1. The largest absolute Gasteiger partial charge is 0.380 e. The number of methoxy groups -OCH3 is 1. The van der Waals surface area contributed by atoms with Crippen LogP contribution in [0, 0.1) is 11.6 Å². The Balaban J connectivity index is 1.95. The second kappa shape index (κ2) is 7.19. The lowest BCUT2D eigenvalue weighted by Crippen LogP contribution is -2.30. The summed E-state index contributed by atoms with van der Waals surface area (Å²) >= 11 is 1.40. The van der Waals surface area contributed by atoms with E-state index < -0.39 is 11.6 Å². The topological polar surface area (TPSA) is 45.6 Å². The Labute approximate surface area is 143 Å². The van der Waals surface area contributed by atoms with E-state index >= 15 is 0 Å². The summed E-state index contributed by atoms with van der Waals surface area (Å²) in [6, 6.07) is 9.09. The second-order valence-corrected chi connectivity index (χ2v) is 6.25. The standard InChI is InChI=1S/C17H17F2N3OS/c1-10(23-2)9-20-17-21-16-14(4-3-5-15(16)24-22-17)11-6-12(18)8-13(19)7-11/h3-8,10H,9H2,1-2H3,(H2,20,21,22)/t10-/m1/s1. The van der Waals surface area contributed by atoms with Crippen molar-refractivity contribution < 1.29 is 13.5 Å². The molecule has 0 radical (unpaired) electrons. The molecule has 3 rings (SSSR count). The van der Waals surface area contributed by atoms with Crippen molar-refractivity contribution in [3.05, 3.63) is 48.0 Å². The van der Waals surface area contributed by atoms with E-state index in [1.54, 1.807) is 7.11 Å². The van der Waals surface area contributed by atoms with Gasteiger partial charge in [0.05, 0.1) is 23.2 Å². The number of halogens is 2. The monoisotopic (exact) mass is 349 g/mol. The summed E-state index contributed by atoms with van der Waals surface area (Å²) in [6.45, 7) is 2.42. The minimum absolute atomic E-state index is 0.0000516. The lowest BCUT2D eigenvalue weighted by atomic mass is 10.0. The van der Waals surface area contributed by atoms with Gasteiger partial charge in [-0.3, -0.25) is 4.72 Å². The third-order valence-electron chi connectivity index (χ3n) is 3.61. The summed E-state index contributed by atoms with van der Waals surface area (Å²) in [7, 11) is 1.63. The van der Waals surface area contributed by atoms with Gasteiger partial charge in [0, 0.05) is 18.7 Å². The highest BCUT2D eigenvalue weighted by atomic mass is 32.2. The van der Waals surface area contributed by atoms with Crippen molar-refractivity contribution in [3.63, 3.8) is 0 Å². The molecule has 0 aliphatic carbocycles. The van der Waals surface area contributed by atoms with Crippen molar-refractivity contribution in [1.29, 1.82) is 0 Å². The Hall–Kier alpha value is -2.12. The third kappa shape index (κ3) is 3.68. The quantitative estimate of drug-likeness (QED) is 0.818. The molecule has 1 aliphatic heterocycles. The fourth-order valence-electron chi connectivity index (χ4n) is 2.31. The Bertz CT molecular complexity index is 762. The van der Waals surface area contributed by atoms with Gasteiger partial charge in [-0.1, -0.05) is 12.1 Å². The summed E-state index contributed by atoms with van der Waals surface area (Å²) in [5.41, 5.74) is 1.96. The number of benzene rings is 2. The molecule has 0 aromatic heterocycles. The fourth-order valence-corrected chi connectivity index (χ4v) is 3.04. The van der Waals surface area contributed by atoms with E-state index in [0.29, 0.717) is 23.6 Å². The third-order valence-corrected chi connectivity index (χ3v) is 4.47. The Morgan fingerprint density at radius 1 is 1.21 bits per heavy atom. The van der Waals surface area contributed by atoms with E-state index in [1.165, 1.54) is 24.1 Å². The summed E-state index contributed by atoms with van der Waals surface area (Å²) in [5.74, 6) is -0.625. The van der Waals surface area contributed by atoms with Gasteiger partial charge in [-0.05, 0) is 42.6 Å². The van der Waals surface area contributed by atoms with E-state index in [0.717, 1.165) is 16.6 Å². The molecule has 7 heteroatoms. The molecule has 1 atom stereocenters. The number of nitrogens with zero attached hydrogens (tertiary/aromatic N) is 1. The van der Waals surface area contributed by atoms with Gasteiger partial charge in [0.15, 0.2) is 0 Å². The summed E-state index contributed by atoms with van der Waals surface area (Å²) in [4.78, 5) is 5.35. The molecule has 0 amide bonds. The maximum Gasteiger partial charge on any atom is 0.206 e. The molecule has 0 bridgehead atoms. The number of hydrogen-bond acceptors (Lipinski definition) is 3. The van der Waals surface area contributed by atoms with Gasteiger partial charge in [0.2, 0.25) is 5.96 Å². The first-order valence-electron chi connectivity index (χ1n) is 7.43. The minimum Gasteiger partial charge on any atom is -0.380 e. The molecular formula is C17H17F2N3OS. The zero-order chi connectivity index (χ0) is 17.1. The van der Waals surface area contributed by atoms with Crippen LogP contribution in [0.1, 0.15) is 6.92 Å². The Morgan fingerprint density at radius 3 is 2.67 bits per heavy atom. The van der Waals surface area contributed by atoms with Crippen LogP contribution < -0.4 is 10.0 Å². The minimum atomic E-state index is -0.605. The van der Waals surface area contributed by atoms with Gasteiger partial charge < -0.3 is 10.1 Å². The van der Waals surface area contributed by atoms with Gasteiger partial charge in [-0.2, -0.15) is 0 Å². The lowest BCUT2D eigenvalue weighted by Gasteiger charge is -2.23. The molecule has 24 heavy (non-hydrogen) atoms. The summed E-state index contributed by atoms with van der Waals surface area (Å²) in [6.07, 6.45) is 0.0000516. The average molecular weight is 349 g/mol. The number of anilines is 1. The van der Waals surface area contributed by atoms with E-state index in [-0.39, 0.29) is 6.10 Å². The van der Waals surface area contributed by atoms with E-state index in [4.69, 9.17) is 4.74 Å². The first-order chi connectivity index (χ1) is 11.6. The van der Waals surface area contributed by atoms with Gasteiger partial charge in [-0.25, -0.2) is 13.8 Å². The Kier molecular flexibility index (Phi) is 5.01. The molecule has 126 valence electrons. The molecule has 0 unspecified atom stereocenters. The van der Waals surface area contributed by atoms with Crippen LogP contribution in [0.5, 0.6) is 0 Å². The molecule has 2 aromatic carbocycles. The van der Waals surface area contributed by atoms with Crippen LogP contribution in [-0.2, 0) is 4.74 Å². The number of ether oxygens (including phenoxy) is 1. The van der Waals surface area contributed by atoms with Crippen LogP contribution in [0.2, 0.25) is 0 Å². The molecule has 0 spiro atoms. The van der Waals surface area contributed by atoms with Gasteiger partial charge in [0.1, 0.15) is 11.6 Å². The molecule has 2 N–H and O–H groups in total. The molecule has 0 saturated carbocycles. The van der Waals surface area contributed by atoms with Gasteiger partial charge >= 0.3 is 0 Å². The van der Waals surface area contributed by atoms with Gasteiger partial charge in [0.25, 0.3) is 0 Å². The predicted molar refractivity (Wildman–Crippen MR) is 93.2 cm³/mol. The van der Waals surface area contributed by atoms with E-state index in [2.05, 4.69) is 15.0 Å². The number of rotatable bonds is 4. The molecule has 1 heterocycles. The smallest absolute Gasteiger partial charge is 0.206 e. The highest BCUT2D eigenvalue weighted by Crippen LogP contribution is 2.38. The first-order valence-corrected chi connectivity index (χ1v) is 8.25. The highest BCUT2D eigenvalue weighted by Gasteiger charge is 2.18. The maximum absolute atomic E-state index is 13.6. The number of guanidine groups is 1. The van der Waals surface area contributed by atoms with E-state index in [9.17, 15) is 8.78 Å². The number of hydrogen-bond donors (Lipinski definition) is 2. The van der Waals surface area contributed by atoms with Gasteiger partial charge in [-0.15, -0.1) is 0 Å². The highest BCUT2D eigenvalue weighted by molar-refractivity contribution is 7.98. The van der Waals surface area contributed by atoms with Crippen molar-refractivity contribution >= 4 is 23.6 Å². The lowest BCUT2D eigenvalue weighted by molar-refractivity contribution is 0.125. The van der Waals surface area contributed by atoms with Crippen LogP contribution in [0.15, 0.2) is 46.3 Å². The van der Waals surface area contributed by atoms with Crippen molar-refractivity contribution in [3.8, 4) is 11.1 Å². The van der Waals surface area contributed by atoms with Crippen LogP contribution in [0.3, 0.4) is 0 Å². The fraction of sp³-hybridized carbons (Fsp3) is 0.235. The van der Waals surface area contributed by atoms with E-state index in [1.807, 2.05) is 25.1 Å². The molecule has 4 nitrogen and oxygen atoms in total. The molecule has 0 saturated heterocycles. The SMILES string of the molecule is CO[C@H](C)CN=C1NSc2cccc(-c3cc(F)cc(F)c3)c2N1. The molecule has 1 aliphatic rings. The summed E-state index contributed by atoms with van der Waals surface area (Å²) < 4.78 is 35.4. The van der Waals surface area contributed by atoms with Crippen molar-refractivity contribution in [2.24, 2.45) is 4.99 Å². The van der Waals surface area contributed by atoms with Crippen molar-refractivity contribution in [1.82, 2.24) is 4.72 Å². The van der Waals surface area contributed by atoms with Crippen molar-refractivity contribution in [2.75, 3.05) is 19.0 Å². The number of nitrogens with one attached hydrogen (secondary N) is 2. The van der Waals surface area contributed by atoms with Crippen molar-refractivity contribution in [2.45, 2.75) is 17.9 Å². The number of fused-ring (bicyclic) bond motifs is 1. The zero-order valence-corrected chi connectivity index (χ0v) is 14.1. The predicted octanol–water partition coefficient (Wildman–Crippen LogP) is 4.04. The average Bonchev–Trinajstić information content (AvgIpc) is 2.58.